The lowest BCUT2D eigenvalue weighted by atomic mass is 9.81. The number of allylic oxidation sites excluding steroid dienone is 8. The lowest BCUT2D eigenvalue weighted by Crippen LogP contribution is -2.68. The summed E-state index contributed by atoms with van der Waals surface area (Å²) in [4.78, 5) is 2.40. The Bertz CT molecular complexity index is 1560. The summed E-state index contributed by atoms with van der Waals surface area (Å²) >= 11 is 7.13. The van der Waals surface area contributed by atoms with E-state index in [1.165, 1.54) is 45.1 Å². The van der Waals surface area contributed by atoms with Crippen LogP contribution in [0.25, 0.3) is 0 Å². The number of methoxy groups -OCH3 is 2. The maximum atomic E-state index is 8.49. The van der Waals surface area contributed by atoms with Gasteiger partial charge in [-0.05, 0) is 62.0 Å². The Morgan fingerprint density at radius 2 is 1.48 bits per heavy atom. The number of halogens is 2. The normalized spacial score (nSPS) is 20.5. The van der Waals surface area contributed by atoms with Crippen LogP contribution in [0.2, 0.25) is 0 Å². The van der Waals surface area contributed by atoms with Crippen molar-refractivity contribution in [3.05, 3.63) is 106 Å². The van der Waals surface area contributed by atoms with Crippen LogP contribution in [-0.2, 0) is 20.3 Å². The average Bonchev–Trinajstić information content (AvgIpc) is 3.35. The summed E-state index contributed by atoms with van der Waals surface area (Å²) in [5.74, 6) is 0. The predicted molar refractivity (Wildman–Crippen MR) is 172 cm³/mol. The molecule has 8 nitrogen and oxygen atoms in total. The zero-order valence-corrected chi connectivity index (χ0v) is 29.0. The van der Waals surface area contributed by atoms with E-state index in [4.69, 9.17) is 39.7 Å². The van der Waals surface area contributed by atoms with Crippen LogP contribution in [0.4, 0.5) is 11.4 Å². The molecule has 2 aliphatic heterocycles. The molecule has 2 aromatic carbocycles. The molecule has 10 heteroatoms. The van der Waals surface area contributed by atoms with E-state index in [-0.39, 0.29) is 10.8 Å². The summed E-state index contributed by atoms with van der Waals surface area (Å²) in [7, 11) is -1.42. The molecule has 0 radical (unpaired) electrons. The molecular formula is C36H44Cl2N2O6. The second-order valence-electron chi connectivity index (χ2n) is 12.6. The first-order valence-electron chi connectivity index (χ1n) is 15.4. The Hall–Kier alpha value is -2.79. The molecule has 0 fully saturated rings. The van der Waals surface area contributed by atoms with E-state index >= 15 is 0 Å². The van der Waals surface area contributed by atoms with Gasteiger partial charge in [0.15, 0.2) is 12.3 Å². The van der Waals surface area contributed by atoms with Crippen molar-refractivity contribution in [3.8, 4) is 0 Å². The van der Waals surface area contributed by atoms with Crippen LogP contribution in [0.1, 0.15) is 58.1 Å². The monoisotopic (exact) mass is 670 g/mol. The lowest BCUT2D eigenvalue weighted by molar-refractivity contribution is -2.00. The molecule has 0 saturated heterocycles. The summed E-state index contributed by atoms with van der Waals surface area (Å²) < 4.78 is 47.3. The SMILES string of the molecule is COCCN1/C(=C\C=C2/CCCC(/C=C/C3=[N+](CCOC)c4ccccc4C3(C)C)=C2Cl)C(C)(C)c2ccccc21.[O-][Cl+3]([O-])([O-])[O-]. The van der Waals surface area contributed by atoms with Crippen LogP contribution < -0.4 is 23.5 Å². The number of para-hydroxylation sites is 2. The fraction of sp³-hybridized carbons (Fsp3) is 0.417. The van der Waals surface area contributed by atoms with Crippen molar-refractivity contribution in [2.75, 3.05) is 45.4 Å². The molecule has 0 bridgehead atoms. The number of rotatable bonds is 9. The molecule has 0 N–H and O–H groups in total. The van der Waals surface area contributed by atoms with Gasteiger partial charge in [0.1, 0.15) is 6.61 Å². The number of anilines is 1. The van der Waals surface area contributed by atoms with E-state index in [2.05, 4.69) is 110 Å². The van der Waals surface area contributed by atoms with Crippen molar-refractivity contribution in [1.29, 1.82) is 0 Å². The zero-order chi connectivity index (χ0) is 33.7. The van der Waals surface area contributed by atoms with Crippen molar-refractivity contribution >= 4 is 28.7 Å². The molecule has 0 amide bonds. The molecule has 248 valence electrons. The Morgan fingerprint density at radius 1 is 0.848 bits per heavy atom. The molecule has 3 aliphatic rings. The number of nitrogens with zero attached hydrogens (tertiary/aromatic N) is 2. The van der Waals surface area contributed by atoms with Gasteiger partial charge < -0.3 is 14.4 Å². The molecule has 0 spiro atoms. The summed E-state index contributed by atoms with van der Waals surface area (Å²) in [5.41, 5.74) is 10.0. The molecule has 1 aliphatic carbocycles. The molecular weight excluding hydrogens is 627 g/mol. The topological polar surface area (TPSA) is 117 Å². The number of hydrogen-bond acceptors (Lipinski definition) is 7. The van der Waals surface area contributed by atoms with Crippen LogP contribution in [0.3, 0.4) is 0 Å². The molecule has 2 aromatic rings. The number of fused-ring (bicyclic) bond motifs is 2. The lowest BCUT2D eigenvalue weighted by Gasteiger charge is -2.27. The predicted octanol–water partition coefficient (Wildman–Crippen LogP) is 3.44. The van der Waals surface area contributed by atoms with E-state index in [1.807, 2.05) is 0 Å². The molecule has 0 saturated carbocycles. The van der Waals surface area contributed by atoms with Crippen LogP contribution in [0, 0.1) is 10.2 Å². The van der Waals surface area contributed by atoms with E-state index in [9.17, 15) is 0 Å². The largest absolute Gasteiger partial charge is 0.383 e. The van der Waals surface area contributed by atoms with E-state index in [0.717, 1.165) is 37.4 Å². The van der Waals surface area contributed by atoms with Gasteiger partial charge >= 0.3 is 0 Å². The summed E-state index contributed by atoms with van der Waals surface area (Å²) in [6, 6.07) is 17.4. The third-order valence-corrected chi connectivity index (χ3v) is 9.46. The number of hydrogen-bond donors (Lipinski definition) is 0. The van der Waals surface area contributed by atoms with Gasteiger partial charge in [0.2, 0.25) is 5.69 Å². The standard InChI is InChI=1S/C36H44ClN2O2.ClHO4/c1-35(2)28-14-7-9-16-30(28)38(22-24-40-5)32(35)20-18-26-12-11-13-27(34(26)37)19-21-33-36(3,4)29-15-8-10-17-31(29)39(33)23-25-41-6;2-1(3,4)5/h7-10,14-21H,11-13,22-25H2,1-6H3;(H,2,3,4,5)/q+1;/p-1. The Labute approximate surface area is 280 Å². The van der Waals surface area contributed by atoms with Gasteiger partial charge in [-0.25, -0.2) is 18.6 Å². The highest BCUT2D eigenvalue weighted by atomic mass is 35.7. The first kappa shape index (κ1) is 36.1. The van der Waals surface area contributed by atoms with Crippen LogP contribution in [0.5, 0.6) is 0 Å². The third kappa shape index (κ3) is 8.01. The molecule has 46 heavy (non-hydrogen) atoms. The quantitative estimate of drug-likeness (QED) is 0.375. The third-order valence-electron chi connectivity index (χ3n) is 8.98. The minimum Gasteiger partial charge on any atom is -0.383 e. The summed E-state index contributed by atoms with van der Waals surface area (Å²) in [5, 5.41) is 0.887. The summed E-state index contributed by atoms with van der Waals surface area (Å²) in [6.07, 6.45) is 12.2. The van der Waals surface area contributed by atoms with Crippen molar-refractivity contribution in [2.24, 2.45) is 0 Å². The fourth-order valence-electron chi connectivity index (χ4n) is 6.70. The first-order chi connectivity index (χ1) is 21.7. The van der Waals surface area contributed by atoms with Gasteiger partial charge in [0.25, 0.3) is 0 Å². The van der Waals surface area contributed by atoms with Crippen LogP contribution >= 0.6 is 11.6 Å². The molecule has 0 aromatic heterocycles. The molecule has 2 heterocycles. The van der Waals surface area contributed by atoms with Gasteiger partial charge in [-0.3, -0.25) is 0 Å². The number of benzene rings is 2. The first-order valence-corrected chi connectivity index (χ1v) is 17.0. The van der Waals surface area contributed by atoms with Gasteiger partial charge in [0.05, 0.1) is 12.0 Å². The van der Waals surface area contributed by atoms with Crippen molar-refractivity contribution in [3.63, 3.8) is 0 Å². The summed E-state index contributed by atoms with van der Waals surface area (Å²) in [6.45, 7) is 12.2. The van der Waals surface area contributed by atoms with Gasteiger partial charge in [-0.1, -0.05) is 74.0 Å². The zero-order valence-electron chi connectivity index (χ0n) is 27.5. The molecule has 5 rings (SSSR count). The number of ether oxygens (including phenoxy) is 2. The van der Waals surface area contributed by atoms with Gasteiger partial charge in [-0.2, -0.15) is 4.58 Å². The smallest absolute Gasteiger partial charge is 0.209 e. The second-order valence-corrected chi connectivity index (χ2v) is 13.7. The van der Waals surface area contributed by atoms with E-state index in [0.29, 0.717) is 13.2 Å². The highest BCUT2D eigenvalue weighted by Gasteiger charge is 2.44. The minimum atomic E-state index is -4.94. The maximum absolute atomic E-state index is 8.49. The Morgan fingerprint density at radius 3 is 2.15 bits per heavy atom. The van der Waals surface area contributed by atoms with Crippen molar-refractivity contribution < 1.29 is 42.9 Å². The minimum absolute atomic E-state index is 0.0969. The van der Waals surface area contributed by atoms with Gasteiger partial charge in [-0.15, -0.1) is 10.2 Å². The van der Waals surface area contributed by atoms with E-state index < -0.39 is 10.2 Å². The van der Waals surface area contributed by atoms with Crippen molar-refractivity contribution in [2.45, 2.75) is 57.8 Å². The van der Waals surface area contributed by atoms with Gasteiger partial charge in [0, 0.05) is 60.3 Å². The Kier molecular flexibility index (Phi) is 11.7. The van der Waals surface area contributed by atoms with Crippen LogP contribution in [0.15, 0.2) is 94.7 Å². The highest BCUT2D eigenvalue weighted by Crippen LogP contribution is 2.48. The second kappa shape index (κ2) is 15.0. The maximum Gasteiger partial charge on any atom is 0.209 e. The molecule has 0 atom stereocenters. The molecule has 0 unspecified atom stereocenters. The van der Waals surface area contributed by atoms with Crippen LogP contribution in [-0.4, -0.2) is 50.8 Å². The fourth-order valence-corrected chi connectivity index (χ4v) is 7.01. The highest BCUT2D eigenvalue weighted by molar-refractivity contribution is 6.32. The average molecular weight is 672 g/mol. The van der Waals surface area contributed by atoms with E-state index in [1.54, 1.807) is 14.2 Å². The van der Waals surface area contributed by atoms with Crippen molar-refractivity contribution in [1.82, 2.24) is 0 Å². The Balaban J connectivity index is 0.000000892.